The molecule has 0 aliphatic carbocycles. The molecule has 0 aromatic heterocycles. The summed E-state index contributed by atoms with van der Waals surface area (Å²) in [6, 6.07) is 7.39. The zero-order chi connectivity index (χ0) is 15.4. The molecule has 0 radical (unpaired) electrons. The van der Waals surface area contributed by atoms with Gasteiger partial charge in [0.15, 0.2) is 0 Å². The minimum absolute atomic E-state index is 0.0526. The Hall–Kier alpha value is -2.04. The fourth-order valence-corrected chi connectivity index (χ4v) is 2.45. The molecule has 0 saturated carbocycles. The van der Waals surface area contributed by atoms with Gasteiger partial charge in [0.05, 0.1) is 12.5 Å². The van der Waals surface area contributed by atoms with Gasteiger partial charge in [0.1, 0.15) is 5.75 Å². The van der Waals surface area contributed by atoms with Crippen LogP contribution in [0.25, 0.3) is 0 Å². The van der Waals surface area contributed by atoms with Gasteiger partial charge < -0.3 is 15.0 Å². The number of carbonyl (C=O) groups excluding carboxylic acids is 2. The third-order valence-electron chi connectivity index (χ3n) is 3.59. The second kappa shape index (κ2) is 6.61. The predicted octanol–water partition coefficient (Wildman–Crippen LogP) is 2.28. The molecule has 1 aliphatic heterocycles. The zero-order valence-electron chi connectivity index (χ0n) is 12.8. The number of ether oxygens (including phenoxy) is 1. The molecular weight excluding hydrogens is 268 g/mol. The number of amides is 2. The lowest BCUT2D eigenvalue weighted by atomic mass is 10.1. The van der Waals surface area contributed by atoms with Crippen LogP contribution in [0.3, 0.4) is 0 Å². The topological polar surface area (TPSA) is 58.6 Å². The second-order valence-corrected chi connectivity index (χ2v) is 5.49. The molecule has 2 amide bonds. The number of rotatable bonds is 5. The molecule has 2 rings (SSSR count). The van der Waals surface area contributed by atoms with Crippen LogP contribution in [0.15, 0.2) is 24.3 Å². The van der Waals surface area contributed by atoms with Gasteiger partial charge in [0, 0.05) is 24.7 Å². The largest absolute Gasteiger partial charge is 0.494 e. The Kier molecular flexibility index (Phi) is 4.83. The molecule has 1 N–H and O–H groups in total. The number of benzene rings is 1. The zero-order valence-corrected chi connectivity index (χ0v) is 12.8. The highest BCUT2D eigenvalue weighted by atomic mass is 16.5. The van der Waals surface area contributed by atoms with Gasteiger partial charge in [-0.1, -0.05) is 0 Å². The molecule has 1 aromatic rings. The number of hydrogen-bond acceptors (Lipinski definition) is 3. The van der Waals surface area contributed by atoms with Crippen molar-refractivity contribution in [1.29, 1.82) is 0 Å². The van der Waals surface area contributed by atoms with E-state index in [-0.39, 0.29) is 23.8 Å². The molecule has 1 aliphatic rings. The van der Waals surface area contributed by atoms with E-state index in [2.05, 4.69) is 5.32 Å². The van der Waals surface area contributed by atoms with Gasteiger partial charge in [-0.15, -0.1) is 0 Å². The summed E-state index contributed by atoms with van der Waals surface area (Å²) in [7, 11) is 0. The van der Waals surface area contributed by atoms with Gasteiger partial charge in [0.2, 0.25) is 11.8 Å². The fraction of sp³-hybridized carbons (Fsp3) is 0.500. The van der Waals surface area contributed by atoms with Crippen molar-refractivity contribution in [1.82, 2.24) is 4.90 Å². The van der Waals surface area contributed by atoms with Gasteiger partial charge >= 0.3 is 0 Å². The maximum absolute atomic E-state index is 12.2. The van der Waals surface area contributed by atoms with E-state index < -0.39 is 0 Å². The van der Waals surface area contributed by atoms with Gasteiger partial charge in [-0.05, 0) is 45.0 Å². The van der Waals surface area contributed by atoms with Crippen molar-refractivity contribution in [2.24, 2.45) is 5.92 Å². The number of nitrogens with zero attached hydrogens (tertiary/aromatic N) is 1. The van der Waals surface area contributed by atoms with Crippen molar-refractivity contribution in [3.8, 4) is 5.75 Å². The van der Waals surface area contributed by atoms with E-state index in [1.165, 1.54) is 0 Å². The van der Waals surface area contributed by atoms with Crippen LogP contribution in [0.1, 0.15) is 27.2 Å². The molecule has 5 nitrogen and oxygen atoms in total. The Bertz CT molecular complexity index is 511. The minimum Gasteiger partial charge on any atom is -0.494 e. The first-order valence-corrected chi connectivity index (χ1v) is 7.34. The highest BCUT2D eigenvalue weighted by molar-refractivity contribution is 5.97. The summed E-state index contributed by atoms with van der Waals surface area (Å²) in [5.41, 5.74) is 0.721. The van der Waals surface area contributed by atoms with Gasteiger partial charge in [-0.2, -0.15) is 0 Å². The van der Waals surface area contributed by atoms with Crippen molar-refractivity contribution >= 4 is 17.5 Å². The highest BCUT2D eigenvalue weighted by Crippen LogP contribution is 2.22. The number of nitrogens with one attached hydrogen (secondary N) is 1. The Labute approximate surface area is 125 Å². The maximum atomic E-state index is 12.2. The Balaban J connectivity index is 1.94. The lowest BCUT2D eigenvalue weighted by molar-refractivity contribution is -0.129. The van der Waals surface area contributed by atoms with Crippen molar-refractivity contribution in [3.05, 3.63) is 24.3 Å². The molecular formula is C16H22N2O3. The number of anilines is 1. The standard InChI is InChI=1S/C16H22N2O3/c1-4-21-14-7-5-13(6-8-14)17-16(20)12-9-15(19)18(10-12)11(2)3/h5-8,11-12H,4,9-10H2,1-3H3,(H,17,20)/t12-/m1/s1. The van der Waals surface area contributed by atoms with Gasteiger partial charge in [0.25, 0.3) is 0 Å². The van der Waals surface area contributed by atoms with Crippen molar-refractivity contribution < 1.29 is 14.3 Å². The molecule has 1 atom stereocenters. The third-order valence-corrected chi connectivity index (χ3v) is 3.59. The molecule has 0 spiro atoms. The van der Waals surface area contributed by atoms with E-state index in [0.717, 1.165) is 11.4 Å². The van der Waals surface area contributed by atoms with Crippen molar-refractivity contribution in [2.75, 3.05) is 18.5 Å². The number of hydrogen-bond donors (Lipinski definition) is 1. The van der Waals surface area contributed by atoms with Gasteiger partial charge in [-0.25, -0.2) is 0 Å². The van der Waals surface area contributed by atoms with E-state index in [9.17, 15) is 9.59 Å². The summed E-state index contributed by atoms with van der Waals surface area (Å²) in [4.78, 5) is 25.8. The summed E-state index contributed by atoms with van der Waals surface area (Å²) in [6.07, 6.45) is 0.293. The molecule has 1 heterocycles. The van der Waals surface area contributed by atoms with E-state index in [1.807, 2.05) is 32.9 Å². The molecule has 5 heteroatoms. The molecule has 0 unspecified atom stereocenters. The van der Waals surface area contributed by atoms with Crippen LogP contribution in [-0.4, -0.2) is 35.9 Å². The monoisotopic (exact) mass is 290 g/mol. The SMILES string of the molecule is CCOc1ccc(NC(=O)[C@@H]2CC(=O)N(C(C)C)C2)cc1. The Morgan fingerprint density at radius 2 is 2.05 bits per heavy atom. The summed E-state index contributed by atoms with van der Waals surface area (Å²) in [5, 5.41) is 2.86. The Morgan fingerprint density at radius 3 is 2.57 bits per heavy atom. The van der Waals surface area contributed by atoms with Crippen molar-refractivity contribution in [3.63, 3.8) is 0 Å². The summed E-state index contributed by atoms with van der Waals surface area (Å²) in [6.45, 7) is 6.96. The van der Waals surface area contributed by atoms with Crippen LogP contribution >= 0.6 is 0 Å². The summed E-state index contributed by atoms with van der Waals surface area (Å²) < 4.78 is 5.36. The maximum Gasteiger partial charge on any atom is 0.229 e. The second-order valence-electron chi connectivity index (χ2n) is 5.49. The van der Waals surface area contributed by atoms with E-state index >= 15 is 0 Å². The van der Waals surface area contributed by atoms with Crippen LogP contribution in [0, 0.1) is 5.92 Å². The highest BCUT2D eigenvalue weighted by Gasteiger charge is 2.35. The molecule has 21 heavy (non-hydrogen) atoms. The van der Waals surface area contributed by atoms with Crippen LogP contribution in [0.2, 0.25) is 0 Å². The summed E-state index contributed by atoms with van der Waals surface area (Å²) in [5.74, 6) is 0.455. The Morgan fingerprint density at radius 1 is 1.38 bits per heavy atom. The fourth-order valence-electron chi connectivity index (χ4n) is 2.45. The lowest BCUT2D eigenvalue weighted by Gasteiger charge is -2.20. The normalized spacial score (nSPS) is 18.2. The first-order chi connectivity index (χ1) is 10.0. The van der Waals surface area contributed by atoms with Crippen molar-refractivity contribution in [2.45, 2.75) is 33.2 Å². The van der Waals surface area contributed by atoms with E-state index in [1.54, 1.807) is 17.0 Å². The first kappa shape index (κ1) is 15.4. The number of carbonyl (C=O) groups is 2. The summed E-state index contributed by atoms with van der Waals surface area (Å²) >= 11 is 0. The van der Waals surface area contributed by atoms with Crippen LogP contribution in [0.5, 0.6) is 5.75 Å². The molecule has 1 fully saturated rings. The lowest BCUT2D eigenvalue weighted by Crippen LogP contribution is -2.33. The third kappa shape index (κ3) is 3.74. The molecule has 0 bridgehead atoms. The predicted molar refractivity (Wildman–Crippen MR) is 81.2 cm³/mol. The molecule has 1 aromatic carbocycles. The van der Waals surface area contributed by atoms with E-state index in [0.29, 0.717) is 19.6 Å². The average molecular weight is 290 g/mol. The molecule has 1 saturated heterocycles. The quantitative estimate of drug-likeness (QED) is 0.905. The number of likely N-dealkylation sites (tertiary alicyclic amines) is 1. The first-order valence-electron chi connectivity index (χ1n) is 7.34. The average Bonchev–Trinajstić information content (AvgIpc) is 2.84. The molecule has 114 valence electrons. The van der Waals surface area contributed by atoms with Gasteiger partial charge in [-0.3, -0.25) is 9.59 Å². The minimum atomic E-state index is -0.272. The van der Waals surface area contributed by atoms with Crippen LogP contribution in [0.4, 0.5) is 5.69 Å². The van der Waals surface area contributed by atoms with Crippen LogP contribution in [-0.2, 0) is 9.59 Å². The van der Waals surface area contributed by atoms with Crippen LogP contribution < -0.4 is 10.1 Å². The smallest absolute Gasteiger partial charge is 0.229 e. The van der Waals surface area contributed by atoms with E-state index in [4.69, 9.17) is 4.74 Å².